The van der Waals surface area contributed by atoms with E-state index >= 15 is 0 Å². The largest absolute Gasteiger partial charge is 0.478 e. The SMILES string of the molecule is CC1=CC(C(=O)O)=CCC1=O. The number of allylic oxidation sites excluding steroid dienone is 2. The zero-order valence-electron chi connectivity index (χ0n) is 6.13. The van der Waals surface area contributed by atoms with Crippen LogP contribution in [0.25, 0.3) is 0 Å². The van der Waals surface area contributed by atoms with Crippen LogP contribution in [0.15, 0.2) is 23.3 Å². The van der Waals surface area contributed by atoms with E-state index < -0.39 is 5.97 Å². The number of carbonyl (C=O) groups excluding carboxylic acids is 1. The van der Waals surface area contributed by atoms with Crippen LogP contribution in [0.1, 0.15) is 13.3 Å². The smallest absolute Gasteiger partial charge is 0.335 e. The van der Waals surface area contributed by atoms with Crippen molar-refractivity contribution < 1.29 is 14.7 Å². The summed E-state index contributed by atoms with van der Waals surface area (Å²) in [5, 5.41) is 8.52. The molecule has 1 aliphatic carbocycles. The average Bonchev–Trinajstić information content (AvgIpc) is 1.94. The number of Topliss-reactive ketones (excluding diaryl/α,β-unsaturated/α-hetero) is 1. The number of aliphatic carboxylic acids is 1. The lowest BCUT2D eigenvalue weighted by molar-refractivity contribution is -0.132. The Morgan fingerprint density at radius 3 is 2.73 bits per heavy atom. The molecule has 0 aromatic heterocycles. The monoisotopic (exact) mass is 152 g/mol. The summed E-state index contributed by atoms with van der Waals surface area (Å²) in [6.45, 7) is 1.62. The predicted molar refractivity (Wildman–Crippen MR) is 39.1 cm³/mol. The molecule has 0 amide bonds. The lowest BCUT2D eigenvalue weighted by atomic mass is 10.00. The molecule has 3 heteroatoms. The van der Waals surface area contributed by atoms with E-state index in [0.717, 1.165) is 0 Å². The fourth-order valence-corrected chi connectivity index (χ4v) is 0.885. The minimum Gasteiger partial charge on any atom is -0.478 e. The van der Waals surface area contributed by atoms with E-state index in [1.807, 2.05) is 0 Å². The van der Waals surface area contributed by atoms with Crippen LogP contribution in [-0.4, -0.2) is 16.9 Å². The minimum absolute atomic E-state index is 0.00463. The van der Waals surface area contributed by atoms with E-state index in [-0.39, 0.29) is 17.8 Å². The number of carboxylic acid groups (broad SMARTS) is 1. The van der Waals surface area contributed by atoms with Crippen molar-refractivity contribution >= 4 is 11.8 Å². The molecule has 0 unspecified atom stereocenters. The third-order valence-electron chi connectivity index (χ3n) is 1.57. The highest BCUT2D eigenvalue weighted by Crippen LogP contribution is 2.13. The molecule has 1 N–H and O–H groups in total. The Labute approximate surface area is 64.0 Å². The van der Waals surface area contributed by atoms with Gasteiger partial charge in [0.1, 0.15) is 0 Å². The van der Waals surface area contributed by atoms with Gasteiger partial charge in [0.15, 0.2) is 5.78 Å². The molecule has 0 bridgehead atoms. The molecule has 0 heterocycles. The van der Waals surface area contributed by atoms with Gasteiger partial charge in [0.2, 0.25) is 0 Å². The Balaban J connectivity index is 2.91. The van der Waals surface area contributed by atoms with Crippen LogP contribution < -0.4 is 0 Å². The summed E-state index contributed by atoms with van der Waals surface area (Å²) < 4.78 is 0. The van der Waals surface area contributed by atoms with Gasteiger partial charge in [-0.25, -0.2) is 4.79 Å². The standard InChI is InChI=1S/C8H8O3/c1-5-4-6(8(10)11)2-3-7(5)9/h2,4H,3H2,1H3,(H,10,11). The van der Waals surface area contributed by atoms with Crippen LogP contribution in [0.5, 0.6) is 0 Å². The number of hydrogen-bond donors (Lipinski definition) is 1. The third-order valence-corrected chi connectivity index (χ3v) is 1.57. The quantitative estimate of drug-likeness (QED) is 0.607. The maximum atomic E-state index is 10.9. The predicted octanol–water partition coefficient (Wildman–Crippen LogP) is 0.916. The molecular weight excluding hydrogens is 144 g/mol. The van der Waals surface area contributed by atoms with Crippen LogP contribution in [0.3, 0.4) is 0 Å². The number of rotatable bonds is 1. The zero-order chi connectivity index (χ0) is 8.43. The summed E-state index contributed by atoms with van der Waals surface area (Å²) in [5.74, 6) is -0.980. The van der Waals surface area contributed by atoms with Crippen molar-refractivity contribution in [2.45, 2.75) is 13.3 Å². The molecule has 0 radical (unpaired) electrons. The van der Waals surface area contributed by atoms with Crippen LogP contribution in [0.2, 0.25) is 0 Å². The number of hydrogen-bond acceptors (Lipinski definition) is 2. The van der Waals surface area contributed by atoms with Gasteiger partial charge in [-0.05, 0) is 18.6 Å². The van der Waals surface area contributed by atoms with Crippen molar-refractivity contribution in [2.24, 2.45) is 0 Å². The highest BCUT2D eigenvalue weighted by Gasteiger charge is 2.13. The fraction of sp³-hybridized carbons (Fsp3) is 0.250. The molecular formula is C8H8O3. The van der Waals surface area contributed by atoms with E-state index in [4.69, 9.17) is 5.11 Å². The molecule has 0 aliphatic heterocycles. The Hall–Kier alpha value is -1.38. The first-order valence-corrected chi connectivity index (χ1v) is 3.26. The molecule has 0 aromatic rings. The third kappa shape index (κ3) is 1.55. The zero-order valence-corrected chi connectivity index (χ0v) is 6.13. The fourth-order valence-electron chi connectivity index (χ4n) is 0.885. The summed E-state index contributed by atoms with van der Waals surface area (Å²) in [4.78, 5) is 21.2. The second kappa shape index (κ2) is 2.70. The molecule has 3 nitrogen and oxygen atoms in total. The molecule has 0 saturated heterocycles. The number of carbonyl (C=O) groups is 2. The first kappa shape index (κ1) is 7.72. The van der Waals surface area contributed by atoms with E-state index in [2.05, 4.69) is 0 Å². The lowest BCUT2D eigenvalue weighted by Crippen LogP contribution is -2.08. The van der Waals surface area contributed by atoms with Gasteiger partial charge in [-0.15, -0.1) is 0 Å². The summed E-state index contributed by atoms with van der Waals surface area (Å²) >= 11 is 0. The topological polar surface area (TPSA) is 54.4 Å². The van der Waals surface area contributed by atoms with E-state index in [9.17, 15) is 9.59 Å². The van der Waals surface area contributed by atoms with Gasteiger partial charge in [-0.3, -0.25) is 4.79 Å². The highest BCUT2D eigenvalue weighted by molar-refractivity contribution is 6.02. The summed E-state index contributed by atoms with van der Waals surface area (Å²) in [6, 6.07) is 0. The van der Waals surface area contributed by atoms with E-state index in [0.29, 0.717) is 5.57 Å². The first-order valence-electron chi connectivity index (χ1n) is 3.26. The Kier molecular flexibility index (Phi) is 1.89. The van der Waals surface area contributed by atoms with Crippen LogP contribution in [0, 0.1) is 0 Å². The van der Waals surface area contributed by atoms with Gasteiger partial charge in [0, 0.05) is 6.42 Å². The van der Waals surface area contributed by atoms with Gasteiger partial charge in [0.25, 0.3) is 0 Å². The molecule has 0 aromatic carbocycles. The van der Waals surface area contributed by atoms with Gasteiger partial charge in [-0.2, -0.15) is 0 Å². The van der Waals surface area contributed by atoms with Gasteiger partial charge >= 0.3 is 5.97 Å². The molecule has 0 spiro atoms. The Morgan fingerprint density at radius 1 is 1.64 bits per heavy atom. The van der Waals surface area contributed by atoms with E-state index in [1.54, 1.807) is 6.92 Å². The molecule has 11 heavy (non-hydrogen) atoms. The summed E-state index contributed by atoms with van der Waals surface area (Å²) in [7, 11) is 0. The average molecular weight is 152 g/mol. The number of ketones is 1. The number of carboxylic acids is 1. The molecule has 1 aliphatic rings. The highest BCUT2D eigenvalue weighted by atomic mass is 16.4. The normalized spacial score (nSPS) is 17.4. The van der Waals surface area contributed by atoms with Gasteiger partial charge < -0.3 is 5.11 Å². The second-order valence-electron chi connectivity index (χ2n) is 2.42. The van der Waals surface area contributed by atoms with Crippen molar-refractivity contribution in [1.82, 2.24) is 0 Å². The molecule has 1 rings (SSSR count). The van der Waals surface area contributed by atoms with Crippen molar-refractivity contribution in [1.29, 1.82) is 0 Å². The maximum Gasteiger partial charge on any atom is 0.335 e. The minimum atomic E-state index is -0.975. The molecule has 0 fully saturated rings. The summed E-state index contributed by atoms with van der Waals surface area (Å²) in [6.07, 6.45) is 3.04. The van der Waals surface area contributed by atoms with Crippen molar-refractivity contribution in [3.05, 3.63) is 23.3 Å². The van der Waals surface area contributed by atoms with Crippen molar-refractivity contribution in [3.63, 3.8) is 0 Å². The second-order valence-corrected chi connectivity index (χ2v) is 2.42. The Bertz CT molecular complexity index is 271. The molecule has 58 valence electrons. The first-order chi connectivity index (χ1) is 5.11. The molecule has 0 saturated carbocycles. The van der Waals surface area contributed by atoms with Gasteiger partial charge in [-0.1, -0.05) is 6.08 Å². The van der Waals surface area contributed by atoms with E-state index in [1.165, 1.54) is 12.2 Å². The summed E-state index contributed by atoms with van der Waals surface area (Å²) in [5.41, 5.74) is 0.729. The molecule has 0 atom stereocenters. The van der Waals surface area contributed by atoms with Crippen LogP contribution in [0.4, 0.5) is 0 Å². The van der Waals surface area contributed by atoms with Gasteiger partial charge in [0.05, 0.1) is 5.57 Å². The van der Waals surface area contributed by atoms with Crippen molar-refractivity contribution in [3.8, 4) is 0 Å². The Morgan fingerprint density at radius 2 is 2.27 bits per heavy atom. The van der Waals surface area contributed by atoms with Crippen molar-refractivity contribution in [2.75, 3.05) is 0 Å². The maximum absolute atomic E-state index is 10.9. The van der Waals surface area contributed by atoms with Crippen LogP contribution in [-0.2, 0) is 9.59 Å². The van der Waals surface area contributed by atoms with Crippen LogP contribution >= 0.6 is 0 Å². The lowest BCUT2D eigenvalue weighted by Gasteiger charge is -2.04.